The summed E-state index contributed by atoms with van der Waals surface area (Å²) in [4.78, 5) is 0. The van der Waals surface area contributed by atoms with Gasteiger partial charge in [0.05, 0.1) is 50.3 Å². The summed E-state index contributed by atoms with van der Waals surface area (Å²) >= 11 is 0. The van der Waals surface area contributed by atoms with Crippen molar-refractivity contribution in [1.29, 1.82) is 0 Å². The van der Waals surface area contributed by atoms with Crippen molar-refractivity contribution in [2.24, 2.45) is 40.4 Å². The maximum atomic E-state index is 12.3. The fourth-order valence-corrected chi connectivity index (χ4v) is 13.8. The second-order valence-electron chi connectivity index (χ2n) is 21.0. The summed E-state index contributed by atoms with van der Waals surface area (Å²) in [6.07, 6.45) is -18.9. The fourth-order valence-electron chi connectivity index (χ4n) is 13.8. The van der Waals surface area contributed by atoms with Crippen LogP contribution in [0.3, 0.4) is 0 Å². The van der Waals surface area contributed by atoms with Crippen molar-refractivity contribution in [3.63, 3.8) is 0 Å². The number of allylic oxidation sites excluding steroid dienone is 1. The first kappa shape index (κ1) is 51.0. The van der Waals surface area contributed by atoms with E-state index in [0.717, 1.165) is 12.0 Å². The van der Waals surface area contributed by atoms with E-state index in [4.69, 9.17) is 37.9 Å². The molecule has 4 heterocycles. The molecule has 0 unspecified atom stereocenters. The first-order valence-electron chi connectivity index (χ1n) is 23.7. The predicted octanol–water partition coefficient (Wildman–Crippen LogP) is -2.32. The van der Waals surface area contributed by atoms with E-state index in [1.807, 2.05) is 6.92 Å². The van der Waals surface area contributed by atoms with Crippen LogP contribution in [0, 0.1) is 40.4 Å². The van der Waals surface area contributed by atoms with Crippen LogP contribution in [-0.2, 0) is 37.9 Å². The molecule has 0 aromatic heterocycles. The maximum absolute atomic E-state index is 12.3. The molecule has 20 nitrogen and oxygen atoms in total. The summed E-state index contributed by atoms with van der Waals surface area (Å²) in [5, 5.41) is 128. The molecule has 8 rings (SSSR count). The van der Waals surface area contributed by atoms with Gasteiger partial charge in [0.15, 0.2) is 24.7 Å². The maximum Gasteiger partial charge on any atom is 0.187 e. The van der Waals surface area contributed by atoms with Gasteiger partial charge in [0, 0.05) is 31.3 Å². The number of methoxy groups -OCH3 is 1. The Hall–Kier alpha value is -1.32. The van der Waals surface area contributed by atoms with Crippen molar-refractivity contribution < 1.29 is 99.2 Å². The number of hydrogen-bond donors (Lipinski definition) is 12. The molecule has 4 aliphatic carbocycles. The van der Waals surface area contributed by atoms with Gasteiger partial charge in [-0.25, -0.2) is 0 Å². The monoisotopic (exact) mass is 946 g/mol. The summed E-state index contributed by atoms with van der Waals surface area (Å²) in [5.41, 5.74) is 0.424. The fraction of sp³-hybridized carbons (Fsp3) is 0.913. The van der Waals surface area contributed by atoms with Crippen molar-refractivity contribution >= 4 is 0 Å². The van der Waals surface area contributed by atoms with Gasteiger partial charge in [0.25, 0.3) is 0 Å². The van der Waals surface area contributed by atoms with Gasteiger partial charge in [0.1, 0.15) is 67.1 Å². The van der Waals surface area contributed by atoms with Gasteiger partial charge >= 0.3 is 0 Å². The van der Waals surface area contributed by atoms with Crippen molar-refractivity contribution in [3.8, 4) is 0 Å². The Labute approximate surface area is 384 Å². The minimum Gasteiger partial charge on any atom is -0.394 e. The van der Waals surface area contributed by atoms with Crippen molar-refractivity contribution in [1.82, 2.24) is 0 Å². The zero-order valence-corrected chi connectivity index (χ0v) is 38.3. The number of rotatable bonds is 13. The molecule has 378 valence electrons. The van der Waals surface area contributed by atoms with E-state index in [2.05, 4.69) is 26.5 Å². The Morgan fingerprint density at radius 2 is 1.39 bits per heavy atom. The van der Waals surface area contributed by atoms with Gasteiger partial charge in [-0.2, -0.15) is 0 Å². The molecule has 4 saturated heterocycles. The molecule has 0 amide bonds. The van der Waals surface area contributed by atoms with Crippen molar-refractivity contribution in [2.75, 3.05) is 26.9 Å². The van der Waals surface area contributed by atoms with Gasteiger partial charge < -0.3 is 99.2 Å². The third-order valence-electron chi connectivity index (χ3n) is 17.5. The summed E-state index contributed by atoms with van der Waals surface area (Å²) in [6.45, 7) is 10.8. The number of ether oxygens (including phenoxy) is 8. The van der Waals surface area contributed by atoms with Gasteiger partial charge in [-0.1, -0.05) is 44.6 Å². The van der Waals surface area contributed by atoms with Crippen LogP contribution in [0.15, 0.2) is 23.8 Å². The van der Waals surface area contributed by atoms with Crippen LogP contribution >= 0.6 is 0 Å². The van der Waals surface area contributed by atoms with E-state index in [-0.39, 0.29) is 54.1 Å². The normalized spacial score (nSPS) is 54.8. The van der Waals surface area contributed by atoms with Crippen LogP contribution in [0.2, 0.25) is 0 Å². The van der Waals surface area contributed by atoms with Crippen LogP contribution < -0.4 is 0 Å². The molecular weight excluding hydrogens is 872 g/mol. The minimum atomic E-state index is -1.72. The van der Waals surface area contributed by atoms with Crippen LogP contribution in [0.1, 0.15) is 72.6 Å². The van der Waals surface area contributed by atoms with Crippen LogP contribution in [-0.4, -0.2) is 211 Å². The highest BCUT2D eigenvalue weighted by molar-refractivity contribution is 5.30. The molecule has 0 aromatic carbocycles. The predicted molar refractivity (Wildman–Crippen MR) is 225 cm³/mol. The largest absolute Gasteiger partial charge is 0.394 e. The zero-order chi connectivity index (χ0) is 47.9. The van der Waals surface area contributed by atoms with E-state index in [0.29, 0.717) is 37.7 Å². The SMILES string of the molecule is C=C(CC[C@@]1(OC)O[C@H]2C[C@H]3[C@@H]4CC=C5C[C@@H](O[C@@H]6O[C@H](CO)[C@@H](O)[C@H](O)[C@H]6O[C@@H]6O[C@@H](C)[C@H](O)[C@@H](O)[C@H]6O)C[C@@H](O)[C@]5(C)[C@H]4[C@H](O)C[C@]3(C)[C@H]2[C@@H]1C)CO[C@@H]1O[C@H](CO)[C@@H](O)[C@H](O)[C@H]1O. The summed E-state index contributed by atoms with van der Waals surface area (Å²) < 4.78 is 48.2. The highest BCUT2D eigenvalue weighted by atomic mass is 16.8. The Balaban J connectivity index is 0.930. The van der Waals surface area contributed by atoms with Crippen LogP contribution in [0.5, 0.6) is 0 Å². The third-order valence-corrected chi connectivity index (χ3v) is 17.5. The number of aliphatic hydroxyl groups excluding tert-OH is 12. The molecular formula is C46H74O20. The number of fused-ring (bicyclic) bond motifs is 7. The highest BCUT2D eigenvalue weighted by Gasteiger charge is 2.70. The Morgan fingerprint density at radius 3 is 2.06 bits per heavy atom. The van der Waals surface area contributed by atoms with Crippen molar-refractivity contribution in [3.05, 3.63) is 23.8 Å². The molecule has 66 heavy (non-hydrogen) atoms. The molecule has 12 N–H and O–H groups in total. The lowest BCUT2D eigenvalue weighted by Crippen LogP contribution is -2.65. The molecule has 0 radical (unpaired) electrons. The molecule has 0 bridgehead atoms. The quantitative estimate of drug-likeness (QED) is 0.0863. The van der Waals surface area contributed by atoms with Crippen LogP contribution in [0.4, 0.5) is 0 Å². The van der Waals surface area contributed by atoms with E-state index in [1.54, 1.807) is 7.11 Å². The Kier molecular flexibility index (Phi) is 15.0. The molecule has 7 fully saturated rings. The molecule has 4 aliphatic heterocycles. The second kappa shape index (κ2) is 19.4. The Bertz CT molecular complexity index is 1740. The van der Waals surface area contributed by atoms with Gasteiger partial charge in [-0.15, -0.1) is 0 Å². The lowest BCUT2D eigenvalue weighted by atomic mass is 9.45. The highest BCUT2D eigenvalue weighted by Crippen LogP contribution is 2.70. The summed E-state index contributed by atoms with van der Waals surface area (Å²) in [5.74, 6) is -1.10. The third kappa shape index (κ3) is 8.48. The van der Waals surface area contributed by atoms with Gasteiger partial charge in [-0.05, 0) is 68.1 Å². The first-order valence-corrected chi connectivity index (χ1v) is 23.7. The topological polar surface area (TPSA) is 317 Å². The summed E-state index contributed by atoms with van der Waals surface area (Å²) in [7, 11) is 1.63. The summed E-state index contributed by atoms with van der Waals surface area (Å²) in [6, 6.07) is 0. The van der Waals surface area contributed by atoms with Crippen molar-refractivity contribution in [2.45, 2.75) is 195 Å². The molecule has 3 saturated carbocycles. The standard InChI is InChI=1S/C46H74O20/c1-18(17-60-41-38(57)36(55)33(52)27(15-47)63-41)9-10-46(59-6)19(2)30-26(66-46)13-24-23-8-7-21-11-22(12-29(50)45(21,5)31(23)25(49)14-44(24,30)4)62-43-40(37(56)34(53)28(16-48)64-43)65-42-39(58)35(54)32(51)20(3)61-42/h7,19-20,22-43,47-58H,1,8-17H2,2-6H3/t19-,20-,22+,23-,24-,25+,26-,27+,28+,29+,30-,31+,32-,33+,34+,35+,36-,37-,38+,39+,40+,41+,42-,43+,44-,45+,46+/m0/s1. The van der Waals surface area contributed by atoms with Gasteiger partial charge in [0.2, 0.25) is 0 Å². The lowest BCUT2D eigenvalue weighted by Gasteiger charge is -2.61. The average molecular weight is 947 g/mol. The van der Waals surface area contributed by atoms with E-state index in [9.17, 15) is 61.3 Å². The minimum absolute atomic E-state index is 0.0228. The zero-order valence-electron chi connectivity index (χ0n) is 38.3. The smallest absolute Gasteiger partial charge is 0.187 e. The molecule has 8 aliphatic rings. The lowest BCUT2D eigenvalue weighted by molar-refractivity contribution is -0.370. The van der Waals surface area contributed by atoms with Crippen LogP contribution in [0.25, 0.3) is 0 Å². The Morgan fingerprint density at radius 1 is 0.758 bits per heavy atom. The van der Waals surface area contributed by atoms with E-state index in [1.165, 1.54) is 6.92 Å². The van der Waals surface area contributed by atoms with Gasteiger partial charge in [-0.3, -0.25) is 0 Å². The molecule has 0 aromatic rings. The molecule has 20 heteroatoms. The number of aliphatic hydroxyl groups is 12. The number of hydrogen-bond acceptors (Lipinski definition) is 20. The van der Waals surface area contributed by atoms with E-state index < -0.39 is 135 Å². The second-order valence-corrected chi connectivity index (χ2v) is 21.0. The van der Waals surface area contributed by atoms with E-state index >= 15 is 0 Å². The molecule has 0 spiro atoms. The average Bonchev–Trinajstić information content (AvgIpc) is 3.74. The first-order chi connectivity index (χ1) is 31.1. The molecule has 27 atom stereocenters.